The molecule has 1 aromatic heterocycles. The SMILES string of the molecule is CCCNC(Cc1cncs1)c1ccc(C(C)(C)C)cc1. The molecule has 0 radical (unpaired) electrons. The van der Waals surface area contributed by atoms with Crippen LogP contribution in [0.15, 0.2) is 36.0 Å². The fourth-order valence-corrected chi connectivity index (χ4v) is 3.03. The molecule has 3 heteroatoms. The van der Waals surface area contributed by atoms with Gasteiger partial charge >= 0.3 is 0 Å². The van der Waals surface area contributed by atoms with E-state index in [1.54, 1.807) is 11.3 Å². The third kappa shape index (κ3) is 4.65. The molecule has 21 heavy (non-hydrogen) atoms. The molecule has 2 rings (SSSR count). The van der Waals surface area contributed by atoms with Gasteiger partial charge in [0.2, 0.25) is 0 Å². The van der Waals surface area contributed by atoms with Gasteiger partial charge in [-0.1, -0.05) is 52.0 Å². The van der Waals surface area contributed by atoms with Gasteiger partial charge in [-0.25, -0.2) is 0 Å². The van der Waals surface area contributed by atoms with Crippen molar-refractivity contribution in [2.45, 2.75) is 52.0 Å². The van der Waals surface area contributed by atoms with Crippen LogP contribution in [0.3, 0.4) is 0 Å². The lowest BCUT2D eigenvalue weighted by Crippen LogP contribution is -2.24. The van der Waals surface area contributed by atoms with E-state index in [4.69, 9.17) is 0 Å². The van der Waals surface area contributed by atoms with Gasteiger partial charge in [0, 0.05) is 23.5 Å². The van der Waals surface area contributed by atoms with Crippen molar-refractivity contribution >= 4 is 11.3 Å². The molecule has 1 atom stereocenters. The number of hydrogen-bond acceptors (Lipinski definition) is 3. The second kappa shape index (κ2) is 7.19. The fraction of sp³-hybridized carbons (Fsp3) is 0.500. The normalized spacial score (nSPS) is 13.3. The smallest absolute Gasteiger partial charge is 0.0794 e. The molecule has 0 fully saturated rings. The van der Waals surface area contributed by atoms with Crippen molar-refractivity contribution in [2.24, 2.45) is 0 Å². The Morgan fingerprint density at radius 1 is 1.19 bits per heavy atom. The van der Waals surface area contributed by atoms with E-state index in [1.165, 1.54) is 16.0 Å². The molecule has 0 saturated carbocycles. The third-order valence-electron chi connectivity index (χ3n) is 3.71. The molecule has 1 heterocycles. The molecule has 1 N–H and O–H groups in total. The Balaban J connectivity index is 2.15. The van der Waals surface area contributed by atoms with E-state index in [0.717, 1.165) is 19.4 Å². The molecule has 0 spiro atoms. The fourth-order valence-electron chi connectivity index (χ4n) is 2.39. The van der Waals surface area contributed by atoms with E-state index >= 15 is 0 Å². The number of aromatic nitrogens is 1. The number of benzene rings is 1. The van der Waals surface area contributed by atoms with Crippen LogP contribution in [0.1, 0.15) is 56.2 Å². The maximum Gasteiger partial charge on any atom is 0.0794 e. The number of rotatable bonds is 6. The predicted octanol–water partition coefficient (Wildman–Crippen LogP) is 4.72. The number of nitrogens with one attached hydrogen (secondary N) is 1. The highest BCUT2D eigenvalue weighted by Gasteiger charge is 2.16. The van der Waals surface area contributed by atoms with Crippen LogP contribution in [0.4, 0.5) is 0 Å². The van der Waals surface area contributed by atoms with Gasteiger partial charge in [-0.3, -0.25) is 4.98 Å². The van der Waals surface area contributed by atoms with Gasteiger partial charge in [0.15, 0.2) is 0 Å². The third-order valence-corrected chi connectivity index (χ3v) is 4.51. The van der Waals surface area contributed by atoms with Crippen LogP contribution in [0, 0.1) is 0 Å². The summed E-state index contributed by atoms with van der Waals surface area (Å²) in [4.78, 5) is 5.52. The average molecular weight is 302 g/mol. The van der Waals surface area contributed by atoms with Gasteiger partial charge in [-0.2, -0.15) is 0 Å². The minimum Gasteiger partial charge on any atom is -0.310 e. The standard InChI is InChI=1S/C18H26N2S/c1-5-10-20-17(11-16-12-19-13-21-16)14-6-8-15(9-7-14)18(2,3)4/h6-9,12-13,17,20H,5,10-11H2,1-4H3. The zero-order chi connectivity index (χ0) is 15.3. The van der Waals surface area contributed by atoms with Crippen molar-refractivity contribution in [3.63, 3.8) is 0 Å². The molecule has 0 amide bonds. The molecule has 2 nitrogen and oxygen atoms in total. The minimum atomic E-state index is 0.211. The van der Waals surface area contributed by atoms with E-state index in [9.17, 15) is 0 Å². The van der Waals surface area contributed by atoms with E-state index in [0.29, 0.717) is 6.04 Å². The lowest BCUT2D eigenvalue weighted by molar-refractivity contribution is 0.530. The van der Waals surface area contributed by atoms with Gasteiger partial charge < -0.3 is 5.32 Å². The highest BCUT2D eigenvalue weighted by Crippen LogP contribution is 2.26. The monoisotopic (exact) mass is 302 g/mol. The second-order valence-corrected chi connectivity index (χ2v) is 7.52. The van der Waals surface area contributed by atoms with Crippen LogP contribution in [0.2, 0.25) is 0 Å². The number of nitrogens with zero attached hydrogens (tertiary/aromatic N) is 1. The lowest BCUT2D eigenvalue weighted by Gasteiger charge is -2.22. The Labute approximate surface area is 132 Å². The highest BCUT2D eigenvalue weighted by molar-refractivity contribution is 7.09. The summed E-state index contributed by atoms with van der Waals surface area (Å²) >= 11 is 1.74. The minimum absolute atomic E-state index is 0.211. The van der Waals surface area contributed by atoms with Crippen LogP contribution < -0.4 is 5.32 Å². The number of hydrogen-bond donors (Lipinski definition) is 1. The Hall–Kier alpha value is -1.19. The first-order valence-corrected chi connectivity index (χ1v) is 8.60. The van der Waals surface area contributed by atoms with Crippen LogP contribution in [-0.4, -0.2) is 11.5 Å². The van der Waals surface area contributed by atoms with Gasteiger partial charge in [0.05, 0.1) is 5.51 Å². The van der Waals surface area contributed by atoms with Gasteiger partial charge in [-0.05, 0) is 29.5 Å². The summed E-state index contributed by atoms with van der Waals surface area (Å²) in [5.41, 5.74) is 4.88. The van der Waals surface area contributed by atoms with Crippen molar-refractivity contribution in [2.75, 3.05) is 6.54 Å². The van der Waals surface area contributed by atoms with Gasteiger partial charge in [-0.15, -0.1) is 11.3 Å². The maximum atomic E-state index is 4.19. The van der Waals surface area contributed by atoms with Crippen LogP contribution in [0.5, 0.6) is 0 Å². The van der Waals surface area contributed by atoms with Crippen LogP contribution in [-0.2, 0) is 11.8 Å². The molecular formula is C18H26N2S. The molecule has 0 saturated heterocycles. The summed E-state index contributed by atoms with van der Waals surface area (Å²) < 4.78 is 0. The van der Waals surface area contributed by atoms with E-state index < -0.39 is 0 Å². The van der Waals surface area contributed by atoms with Crippen molar-refractivity contribution in [3.8, 4) is 0 Å². The molecule has 114 valence electrons. The largest absolute Gasteiger partial charge is 0.310 e. The number of thiazole rings is 1. The summed E-state index contributed by atoms with van der Waals surface area (Å²) in [5, 5.41) is 3.66. The molecule has 0 aliphatic rings. The summed E-state index contributed by atoms with van der Waals surface area (Å²) in [5.74, 6) is 0. The summed E-state index contributed by atoms with van der Waals surface area (Å²) in [6, 6.07) is 9.45. The van der Waals surface area contributed by atoms with Gasteiger partial charge in [0.1, 0.15) is 0 Å². The van der Waals surface area contributed by atoms with E-state index in [2.05, 4.69) is 62.3 Å². The summed E-state index contributed by atoms with van der Waals surface area (Å²) in [6.07, 6.45) is 4.15. The lowest BCUT2D eigenvalue weighted by atomic mass is 9.86. The van der Waals surface area contributed by atoms with Crippen molar-refractivity contribution < 1.29 is 0 Å². The summed E-state index contributed by atoms with van der Waals surface area (Å²) in [6.45, 7) is 10.0. The first kappa shape index (κ1) is 16.2. The molecule has 0 aliphatic carbocycles. The molecule has 1 unspecified atom stereocenters. The van der Waals surface area contributed by atoms with Crippen LogP contribution >= 0.6 is 11.3 Å². The van der Waals surface area contributed by atoms with Crippen LogP contribution in [0.25, 0.3) is 0 Å². The molecular weight excluding hydrogens is 276 g/mol. The Bertz CT molecular complexity index is 523. The molecule has 0 bridgehead atoms. The zero-order valence-corrected chi connectivity index (χ0v) is 14.3. The highest BCUT2D eigenvalue weighted by atomic mass is 32.1. The predicted molar refractivity (Wildman–Crippen MR) is 92.0 cm³/mol. The summed E-state index contributed by atoms with van der Waals surface area (Å²) in [7, 11) is 0. The first-order chi connectivity index (χ1) is 10.0. The van der Waals surface area contributed by atoms with Crippen molar-refractivity contribution in [1.82, 2.24) is 10.3 Å². The topological polar surface area (TPSA) is 24.9 Å². The van der Waals surface area contributed by atoms with Gasteiger partial charge in [0.25, 0.3) is 0 Å². The van der Waals surface area contributed by atoms with E-state index in [1.807, 2.05) is 11.7 Å². The second-order valence-electron chi connectivity index (χ2n) is 6.55. The molecule has 0 aliphatic heterocycles. The van der Waals surface area contributed by atoms with Crippen molar-refractivity contribution in [1.29, 1.82) is 0 Å². The Kier molecular flexibility index (Phi) is 5.54. The van der Waals surface area contributed by atoms with E-state index in [-0.39, 0.29) is 5.41 Å². The Morgan fingerprint density at radius 2 is 1.90 bits per heavy atom. The quantitative estimate of drug-likeness (QED) is 0.835. The molecule has 2 aromatic rings. The van der Waals surface area contributed by atoms with Crippen molar-refractivity contribution in [3.05, 3.63) is 52.0 Å². The zero-order valence-electron chi connectivity index (χ0n) is 13.5. The molecule has 1 aromatic carbocycles. The average Bonchev–Trinajstić information content (AvgIpc) is 2.95. The Morgan fingerprint density at radius 3 is 2.43 bits per heavy atom. The first-order valence-electron chi connectivity index (χ1n) is 7.72. The maximum absolute atomic E-state index is 4.19.